The zero-order chi connectivity index (χ0) is 15.2. The van der Waals surface area contributed by atoms with Crippen molar-refractivity contribution in [1.82, 2.24) is 10.3 Å². The Hall–Kier alpha value is -2.21. The number of ether oxygens (including phenoxy) is 1. The molecule has 0 radical (unpaired) electrons. The van der Waals surface area contributed by atoms with E-state index in [2.05, 4.69) is 10.3 Å². The van der Waals surface area contributed by atoms with Gasteiger partial charge in [0, 0.05) is 46.3 Å². The van der Waals surface area contributed by atoms with Crippen LogP contribution in [0.4, 0.5) is 0 Å². The fourth-order valence-corrected chi connectivity index (χ4v) is 2.24. The molecule has 1 N–H and O–H groups in total. The fourth-order valence-electron chi connectivity index (χ4n) is 1.72. The second kappa shape index (κ2) is 6.99. The van der Waals surface area contributed by atoms with Gasteiger partial charge >= 0.3 is 0 Å². The van der Waals surface area contributed by atoms with Crippen LogP contribution in [0.5, 0.6) is 5.88 Å². The SMILES string of the molecule is COc1ccc(CNC(=O)c2ccc(S(C)=O)cc2)cn1. The first-order valence-corrected chi connectivity index (χ1v) is 7.86. The molecule has 110 valence electrons. The smallest absolute Gasteiger partial charge is 0.251 e. The summed E-state index contributed by atoms with van der Waals surface area (Å²) in [5.74, 6) is 0.354. The summed E-state index contributed by atoms with van der Waals surface area (Å²) < 4.78 is 16.3. The quantitative estimate of drug-likeness (QED) is 0.914. The van der Waals surface area contributed by atoms with E-state index in [1.807, 2.05) is 6.07 Å². The summed E-state index contributed by atoms with van der Waals surface area (Å²) in [6.45, 7) is 0.386. The topological polar surface area (TPSA) is 68.3 Å². The molecule has 0 aliphatic carbocycles. The van der Waals surface area contributed by atoms with Crippen LogP contribution < -0.4 is 10.1 Å². The Labute approximate surface area is 125 Å². The van der Waals surface area contributed by atoms with Crippen LogP contribution in [0.3, 0.4) is 0 Å². The number of hydrogen-bond donors (Lipinski definition) is 1. The van der Waals surface area contributed by atoms with Gasteiger partial charge in [0.15, 0.2) is 0 Å². The van der Waals surface area contributed by atoms with E-state index < -0.39 is 10.8 Å². The lowest BCUT2D eigenvalue weighted by Gasteiger charge is -2.06. The molecule has 1 unspecified atom stereocenters. The molecule has 21 heavy (non-hydrogen) atoms. The van der Waals surface area contributed by atoms with Crippen molar-refractivity contribution in [2.45, 2.75) is 11.4 Å². The number of methoxy groups -OCH3 is 1. The number of pyridine rings is 1. The van der Waals surface area contributed by atoms with Crippen LogP contribution in [0.25, 0.3) is 0 Å². The molecule has 0 saturated heterocycles. The molecule has 1 amide bonds. The Kier molecular flexibility index (Phi) is 5.05. The van der Waals surface area contributed by atoms with Gasteiger partial charge in [-0.15, -0.1) is 0 Å². The predicted octanol–water partition coefficient (Wildman–Crippen LogP) is 1.76. The highest BCUT2D eigenvalue weighted by Crippen LogP contribution is 2.09. The largest absolute Gasteiger partial charge is 0.481 e. The van der Waals surface area contributed by atoms with Crippen LogP contribution in [0.1, 0.15) is 15.9 Å². The molecule has 1 aromatic carbocycles. The van der Waals surface area contributed by atoms with Crippen LogP contribution in [0.2, 0.25) is 0 Å². The maximum atomic E-state index is 12.0. The molecular formula is C15H16N2O3S. The zero-order valence-electron chi connectivity index (χ0n) is 11.8. The van der Waals surface area contributed by atoms with Crippen molar-refractivity contribution in [2.75, 3.05) is 13.4 Å². The van der Waals surface area contributed by atoms with Gasteiger partial charge in [-0.05, 0) is 29.8 Å². The number of aromatic nitrogens is 1. The van der Waals surface area contributed by atoms with E-state index in [4.69, 9.17) is 4.74 Å². The average Bonchev–Trinajstić information content (AvgIpc) is 2.53. The van der Waals surface area contributed by atoms with Crippen LogP contribution >= 0.6 is 0 Å². The summed E-state index contributed by atoms with van der Waals surface area (Å²) in [4.78, 5) is 16.8. The summed E-state index contributed by atoms with van der Waals surface area (Å²) >= 11 is 0. The maximum absolute atomic E-state index is 12.0. The number of nitrogens with zero attached hydrogens (tertiary/aromatic N) is 1. The van der Waals surface area contributed by atoms with Crippen molar-refractivity contribution in [3.63, 3.8) is 0 Å². The first-order chi connectivity index (χ1) is 10.1. The molecule has 1 atom stereocenters. The number of nitrogens with one attached hydrogen (secondary N) is 1. The van der Waals surface area contributed by atoms with Gasteiger partial charge < -0.3 is 10.1 Å². The van der Waals surface area contributed by atoms with Gasteiger partial charge in [0.2, 0.25) is 5.88 Å². The predicted molar refractivity (Wildman–Crippen MR) is 80.7 cm³/mol. The van der Waals surface area contributed by atoms with Gasteiger partial charge in [-0.2, -0.15) is 0 Å². The van der Waals surface area contributed by atoms with E-state index in [1.165, 1.54) is 0 Å². The van der Waals surface area contributed by atoms with E-state index >= 15 is 0 Å². The molecule has 0 fully saturated rings. The van der Waals surface area contributed by atoms with Crippen molar-refractivity contribution in [2.24, 2.45) is 0 Å². The third kappa shape index (κ3) is 4.13. The van der Waals surface area contributed by atoms with Gasteiger partial charge in [0.1, 0.15) is 0 Å². The fraction of sp³-hybridized carbons (Fsp3) is 0.200. The summed E-state index contributed by atoms with van der Waals surface area (Å²) in [6, 6.07) is 10.3. The third-order valence-corrected chi connectivity index (χ3v) is 3.84. The second-order valence-corrected chi connectivity index (χ2v) is 5.75. The van der Waals surface area contributed by atoms with Crippen LogP contribution in [-0.4, -0.2) is 28.5 Å². The third-order valence-electron chi connectivity index (χ3n) is 2.91. The maximum Gasteiger partial charge on any atom is 0.251 e. The monoisotopic (exact) mass is 304 g/mol. The summed E-state index contributed by atoms with van der Waals surface area (Å²) in [7, 11) is 0.513. The minimum Gasteiger partial charge on any atom is -0.481 e. The lowest BCUT2D eigenvalue weighted by molar-refractivity contribution is 0.0951. The van der Waals surface area contributed by atoms with E-state index in [9.17, 15) is 9.00 Å². The molecule has 5 nitrogen and oxygen atoms in total. The zero-order valence-corrected chi connectivity index (χ0v) is 12.6. The molecule has 2 aromatic rings. The van der Waals surface area contributed by atoms with E-state index in [-0.39, 0.29) is 5.91 Å². The highest BCUT2D eigenvalue weighted by Gasteiger charge is 2.06. The van der Waals surface area contributed by atoms with Crippen LogP contribution in [0, 0.1) is 0 Å². The normalized spacial score (nSPS) is 11.7. The summed E-state index contributed by atoms with van der Waals surface area (Å²) in [5.41, 5.74) is 1.42. The van der Waals surface area contributed by atoms with Crippen molar-refractivity contribution in [3.8, 4) is 5.88 Å². The first-order valence-electron chi connectivity index (χ1n) is 6.31. The minimum atomic E-state index is -1.04. The Bertz CT molecular complexity index is 639. The molecule has 0 bridgehead atoms. The Morgan fingerprint density at radius 2 is 1.95 bits per heavy atom. The molecule has 0 spiro atoms. The van der Waals surface area contributed by atoms with Crippen LogP contribution in [0.15, 0.2) is 47.5 Å². The number of benzene rings is 1. The van der Waals surface area contributed by atoms with E-state index in [0.717, 1.165) is 5.56 Å². The molecule has 0 aliphatic rings. The van der Waals surface area contributed by atoms with Gasteiger partial charge in [0.05, 0.1) is 7.11 Å². The summed E-state index contributed by atoms with van der Waals surface area (Å²) in [6.07, 6.45) is 3.26. The van der Waals surface area contributed by atoms with Gasteiger partial charge in [-0.1, -0.05) is 6.07 Å². The minimum absolute atomic E-state index is 0.181. The molecule has 0 saturated carbocycles. The number of rotatable bonds is 5. The van der Waals surface area contributed by atoms with E-state index in [1.54, 1.807) is 49.9 Å². The van der Waals surface area contributed by atoms with Crippen molar-refractivity contribution < 1.29 is 13.7 Å². The van der Waals surface area contributed by atoms with E-state index in [0.29, 0.717) is 22.9 Å². The lowest BCUT2D eigenvalue weighted by atomic mass is 10.2. The number of hydrogen-bond acceptors (Lipinski definition) is 4. The molecular weight excluding hydrogens is 288 g/mol. The Balaban J connectivity index is 1.95. The average molecular weight is 304 g/mol. The first kappa shape index (κ1) is 15.2. The van der Waals surface area contributed by atoms with Gasteiger partial charge in [-0.3, -0.25) is 9.00 Å². The second-order valence-electron chi connectivity index (χ2n) is 4.37. The number of carbonyl (C=O) groups excluding carboxylic acids is 1. The standard InChI is InChI=1S/C15H16N2O3S/c1-20-14-8-3-11(9-16-14)10-17-15(18)12-4-6-13(7-5-12)21(2)19/h3-9H,10H2,1-2H3,(H,17,18). The van der Waals surface area contributed by atoms with Crippen molar-refractivity contribution >= 4 is 16.7 Å². The molecule has 1 aromatic heterocycles. The van der Waals surface area contributed by atoms with Gasteiger partial charge in [0.25, 0.3) is 5.91 Å². The van der Waals surface area contributed by atoms with Gasteiger partial charge in [-0.25, -0.2) is 4.98 Å². The van der Waals surface area contributed by atoms with Crippen molar-refractivity contribution in [1.29, 1.82) is 0 Å². The Morgan fingerprint density at radius 3 is 2.48 bits per heavy atom. The molecule has 2 rings (SSSR count). The molecule has 0 aliphatic heterocycles. The van der Waals surface area contributed by atoms with Crippen LogP contribution in [-0.2, 0) is 17.3 Å². The summed E-state index contributed by atoms with van der Waals surface area (Å²) in [5, 5.41) is 2.81. The number of carbonyl (C=O) groups is 1. The number of amides is 1. The highest BCUT2D eigenvalue weighted by molar-refractivity contribution is 7.84. The lowest BCUT2D eigenvalue weighted by Crippen LogP contribution is -2.22. The highest BCUT2D eigenvalue weighted by atomic mass is 32.2. The molecule has 1 heterocycles. The Morgan fingerprint density at radius 1 is 1.24 bits per heavy atom. The van der Waals surface area contributed by atoms with Crippen molar-refractivity contribution in [3.05, 3.63) is 53.7 Å². The molecule has 6 heteroatoms.